The predicted octanol–water partition coefficient (Wildman–Crippen LogP) is 1.00. The van der Waals surface area contributed by atoms with Gasteiger partial charge in [-0.3, -0.25) is 0 Å². The van der Waals surface area contributed by atoms with E-state index in [9.17, 15) is 5.11 Å². The van der Waals surface area contributed by atoms with E-state index in [1.807, 2.05) is 19.9 Å². The second-order valence-electron chi connectivity index (χ2n) is 3.28. The molecule has 0 heterocycles. The summed E-state index contributed by atoms with van der Waals surface area (Å²) in [6.07, 6.45) is 0. The van der Waals surface area contributed by atoms with Gasteiger partial charge in [0.2, 0.25) is 0 Å². The minimum Gasteiger partial charge on any atom is -0.508 e. The molecule has 1 rings (SSSR count). The second kappa shape index (κ2) is 3.77. The molecule has 3 nitrogen and oxygen atoms in total. The Bertz CT molecular complexity index is 310. The smallest absolute Gasteiger partial charge is 0.120 e. The standard InChI is InChI=1S/C10H15NO2/c1-6-3-8(9(11)5-12)10(13)4-7(6)2/h3-4,9,12-13H,5,11H2,1-2H3/t9-/m0/s1. The van der Waals surface area contributed by atoms with Crippen LogP contribution < -0.4 is 5.73 Å². The molecule has 0 aliphatic heterocycles. The summed E-state index contributed by atoms with van der Waals surface area (Å²) in [4.78, 5) is 0. The molecule has 0 aliphatic carbocycles. The van der Waals surface area contributed by atoms with Crippen LogP contribution in [0.15, 0.2) is 12.1 Å². The minimum atomic E-state index is -0.501. The van der Waals surface area contributed by atoms with Crippen LogP contribution in [0.5, 0.6) is 5.75 Å². The fraction of sp³-hybridized carbons (Fsp3) is 0.400. The molecule has 13 heavy (non-hydrogen) atoms. The molecule has 0 unspecified atom stereocenters. The van der Waals surface area contributed by atoms with Gasteiger partial charge in [0.25, 0.3) is 0 Å². The Morgan fingerprint density at radius 2 is 1.85 bits per heavy atom. The molecule has 0 fully saturated rings. The van der Waals surface area contributed by atoms with Crippen molar-refractivity contribution in [2.24, 2.45) is 5.73 Å². The Balaban J connectivity index is 3.15. The summed E-state index contributed by atoms with van der Waals surface area (Å²) in [5.41, 5.74) is 8.29. The van der Waals surface area contributed by atoms with Gasteiger partial charge in [0.1, 0.15) is 5.75 Å². The molecule has 1 atom stereocenters. The van der Waals surface area contributed by atoms with Gasteiger partial charge < -0.3 is 15.9 Å². The number of aromatic hydroxyl groups is 1. The largest absolute Gasteiger partial charge is 0.508 e. The predicted molar refractivity (Wildman–Crippen MR) is 51.6 cm³/mol. The van der Waals surface area contributed by atoms with E-state index >= 15 is 0 Å². The lowest BCUT2D eigenvalue weighted by molar-refractivity contribution is 0.265. The molecule has 0 saturated heterocycles. The van der Waals surface area contributed by atoms with Crippen LogP contribution in [0.4, 0.5) is 0 Å². The Morgan fingerprint density at radius 1 is 1.31 bits per heavy atom. The summed E-state index contributed by atoms with van der Waals surface area (Å²) in [6, 6.07) is 2.98. The van der Waals surface area contributed by atoms with E-state index in [0.717, 1.165) is 11.1 Å². The van der Waals surface area contributed by atoms with Crippen LogP contribution in [0.2, 0.25) is 0 Å². The number of aliphatic hydroxyl groups is 1. The third kappa shape index (κ3) is 1.99. The first-order valence-corrected chi connectivity index (χ1v) is 4.22. The van der Waals surface area contributed by atoms with Gasteiger partial charge >= 0.3 is 0 Å². The molecule has 0 aromatic heterocycles. The van der Waals surface area contributed by atoms with Gasteiger partial charge in [-0.25, -0.2) is 0 Å². The average Bonchev–Trinajstić information content (AvgIpc) is 2.10. The highest BCUT2D eigenvalue weighted by Crippen LogP contribution is 2.25. The number of hydrogen-bond acceptors (Lipinski definition) is 3. The SMILES string of the molecule is Cc1cc(O)c([C@@H](N)CO)cc1C. The van der Waals surface area contributed by atoms with Crippen LogP contribution in [0.25, 0.3) is 0 Å². The third-order valence-corrected chi connectivity index (χ3v) is 2.24. The monoisotopic (exact) mass is 181 g/mol. The van der Waals surface area contributed by atoms with E-state index in [1.54, 1.807) is 6.07 Å². The molecule has 4 N–H and O–H groups in total. The van der Waals surface area contributed by atoms with Crippen molar-refractivity contribution in [2.75, 3.05) is 6.61 Å². The van der Waals surface area contributed by atoms with Crippen LogP contribution in [0.3, 0.4) is 0 Å². The minimum absolute atomic E-state index is 0.157. The molecule has 0 aliphatic rings. The van der Waals surface area contributed by atoms with Crippen LogP contribution in [0.1, 0.15) is 22.7 Å². The highest BCUT2D eigenvalue weighted by Gasteiger charge is 2.10. The third-order valence-electron chi connectivity index (χ3n) is 2.24. The number of phenolic OH excluding ortho intramolecular Hbond substituents is 1. The quantitative estimate of drug-likeness (QED) is 0.637. The lowest BCUT2D eigenvalue weighted by Gasteiger charge is -2.12. The Kier molecular flexibility index (Phi) is 2.90. The number of phenols is 1. The molecule has 0 amide bonds. The van der Waals surface area contributed by atoms with Gasteiger partial charge in [0.05, 0.1) is 12.6 Å². The molecule has 0 radical (unpaired) electrons. The molecule has 72 valence electrons. The average molecular weight is 181 g/mol. The fourth-order valence-electron chi connectivity index (χ4n) is 1.22. The highest BCUT2D eigenvalue weighted by molar-refractivity contribution is 5.42. The van der Waals surface area contributed by atoms with Gasteiger partial charge in [0.15, 0.2) is 0 Å². The van der Waals surface area contributed by atoms with E-state index < -0.39 is 6.04 Å². The van der Waals surface area contributed by atoms with Crippen LogP contribution in [-0.4, -0.2) is 16.8 Å². The van der Waals surface area contributed by atoms with Crippen molar-refractivity contribution in [3.63, 3.8) is 0 Å². The van der Waals surface area contributed by atoms with Gasteiger partial charge in [-0.15, -0.1) is 0 Å². The fourth-order valence-corrected chi connectivity index (χ4v) is 1.22. The number of hydrogen-bond donors (Lipinski definition) is 3. The maximum absolute atomic E-state index is 9.53. The summed E-state index contributed by atoms with van der Waals surface area (Å²) in [5, 5.41) is 18.4. The number of aryl methyl sites for hydroxylation is 2. The first-order valence-electron chi connectivity index (χ1n) is 4.22. The molecule has 0 bridgehead atoms. The first-order chi connectivity index (χ1) is 6.06. The molecule has 3 heteroatoms. The number of rotatable bonds is 2. The molecule has 0 spiro atoms. The Hall–Kier alpha value is -1.06. The normalized spacial score (nSPS) is 12.9. The summed E-state index contributed by atoms with van der Waals surface area (Å²) < 4.78 is 0. The first kappa shape index (κ1) is 10.0. The van der Waals surface area contributed by atoms with Crippen molar-refractivity contribution in [3.8, 4) is 5.75 Å². The molecular weight excluding hydrogens is 166 g/mol. The zero-order valence-corrected chi connectivity index (χ0v) is 7.91. The van der Waals surface area contributed by atoms with Crippen molar-refractivity contribution in [2.45, 2.75) is 19.9 Å². The number of aliphatic hydroxyl groups excluding tert-OH is 1. The lowest BCUT2D eigenvalue weighted by atomic mass is 10.0. The number of nitrogens with two attached hydrogens (primary N) is 1. The second-order valence-corrected chi connectivity index (χ2v) is 3.28. The van der Waals surface area contributed by atoms with E-state index in [4.69, 9.17) is 10.8 Å². The molecule has 0 saturated carbocycles. The highest BCUT2D eigenvalue weighted by atomic mass is 16.3. The maximum atomic E-state index is 9.53. The van der Waals surface area contributed by atoms with Crippen molar-refractivity contribution >= 4 is 0 Å². The topological polar surface area (TPSA) is 66.5 Å². The summed E-state index contributed by atoms with van der Waals surface area (Å²) in [7, 11) is 0. The van der Waals surface area contributed by atoms with E-state index in [2.05, 4.69) is 0 Å². The number of benzene rings is 1. The molecular formula is C10H15NO2. The summed E-state index contributed by atoms with van der Waals surface area (Å²) in [5.74, 6) is 0.157. The molecule has 1 aromatic rings. The maximum Gasteiger partial charge on any atom is 0.120 e. The van der Waals surface area contributed by atoms with E-state index in [1.165, 1.54) is 0 Å². The van der Waals surface area contributed by atoms with E-state index in [-0.39, 0.29) is 12.4 Å². The van der Waals surface area contributed by atoms with Gasteiger partial charge in [-0.2, -0.15) is 0 Å². The van der Waals surface area contributed by atoms with Crippen LogP contribution in [0, 0.1) is 13.8 Å². The van der Waals surface area contributed by atoms with Crippen LogP contribution >= 0.6 is 0 Å². The van der Waals surface area contributed by atoms with Crippen molar-refractivity contribution in [1.29, 1.82) is 0 Å². The zero-order chi connectivity index (χ0) is 10.0. The lowest BCUT2D eigenvalue weighted by Crippen LogP contribution is -2.14. The van der Waals surface area contributed by atoms with E-state index in [0.29, 0.717) is 5.56 Å². The zero-order valence-electron chi connectivity index (χ0n) is 7.91. The Morgan fingerprint density at radius 3 is 2.38 bits per heavy atom. The van der Waals surface area contributed by atoms with Crippen LogP contribution in [-0.2, 0) is 0 Å². The van der Waals surface area contributed by atoms with Crippen molar-refractivity contribution in [3.05, 3.63) is 28.8 Å². The van der Waals surface area contributed by atoms with Crippen molar-refractivity contribution in [1.82, 2.24) is 0 Å². The van der Waals surface area contributed by atoms with Crippen molar-refractivity contribution < 1.29 is 10.2 Å². The summed E-state index contributed by atoms with van der Waals surface area (Å²) >= 11 is 0. The summed E-state index contributed by atoms with van der Waals surface area (Å²) in [6.45, 7) is 3.71. The molecule has 1 aromatic carbocycles. The van der Waals surface area contributed by atoms with Gasteiger partial charge in [-0.1, -0.05) is 6.07 Å². The Labute approximate surface area is 77.8 Å². The van der Waals surface area contributed by atoms with Gasteiger partial charge in [-0.05, 0) is 31.0 Å². The van der Waals surface area contributed by atoms with Gasteiger partial charge in [0, 0.05) is 5.56 Å².